The summed E-state index contributed by atoms with van der Waals surface area (Å²) in [7, 11) is 0. The van der Waals surface area contributed by atoms with Crippen LogP contribution in [0.4, 0.5) is 0 Å². The van der Waals surface area contributed by atoms with Gasteiger partial charge in [0.15, 0.2) is 6.61 Å². The topological polar surface area (TPSA) is 67.9 Å². The summed E-state index contributed by atoms with van der Waals surface area (Å²) in [5.74, 6) is 1.36. The molecule has 160 valence electrons. The number of likely N-dealkylation sites (tertiary alicyclic amines) is 1. The molecule has 3 rings (SSSR count). The fraction of sp³-hybridized carbons (Fsp3) is 0.391. The molecule has 2 amide bonds. The average Bonchev–Trinajstić information content (AvgIpc) is 2.75. The first-order valence-corrected chi connectivity index (χ1v) is 10.6. The van der Waals surface area contributed by atoms with Gasteiger partial charge in [0.05, 0.1) is 13.0 Å². The van der Waals surface area contributed by atoms with Crippen molar-refractivity contribution in [1.82, 2.24) is 10.2 Å². The third kappa shape index (κ3) is 6.66. The first-order chi connectivity index (χ1) is 14.5. The zero-order valence-electron chi connectivity index (χ0n) is 17.1. The Morgan fingerprint density at radius 2 is 1.60 bits per heavy atom. The second-order valence-electron chi connectivity index (χ2n) is 7.22. The van der Waals surface area contributed by atoms with Gasteiger partial charge in [0, 0.05) is 24.2 Å². The molecule has 1 aliphatic heterocycles. The number of nitrogens with zero attached hydrogens (tertiary/aromatic N) is 1. The van der Waals surface area contributed by atoms with Crippen LogP contribution in [0.2, 0.25) is 5.02 Å². The summed E-state index contributed by atoms with van der Waals surface area (Å²) >= 11 is 5.84. The molecule has 0 aromatic heterocycles. The Kier molecular flexibility index (Phi) is 7.97. The SMILES string of the molecule is CCOc1ccc(CC(=O)NC2CCN(C(=O)COc3ccc(Cl)cc3)CC2)cc1. The lowest BCUT2D eigenvalue weighted by molar-refractivity contribution is -0.134. The van der Waals surface area contributed by atoms with E-state index in [1.807, 2.05) is 31.2 Å². The van der Waals surface area contributed by atoms with Crippen LogP contribution in [-0.2, 0) is 16.0 Å². The molecule has 1 heterocycles. The molecule has 0 spiro atoms. The third-order valence-corrected chi connectivity index (χ3v) is 5.24. The van der Waals surface area contributed by atoms with Crippen LogP contribution in [0, 0.1) is 0 Å². The number of nitrogens with one attached hydrogen (secondary N) is 1. The fourth-order valence-electron chi connectivity index (χ4n) is 3.37. The Hall–Kier alpha value is -2.73. The minimum absolute atomic E-state index is 0.00357. The Balaban J connectivity index is 1.37. The molecule has 1 fully saturated rings. The zero-order chi connectivity index (χ0) is 21.3. The molecule has 30 heavy (non-hydrogen) atoms. The van der Waals surface area contributed by atoms with Crippen molar-refractivity contribution >= 4 is 23.4 Å². The number of halogens is 1. The van der Waals surface area contributed by atoms with E-state index in [1.165, 1.54) is 0 Å². The van der Waals surface area contributed by atoms with Crippen molar-refractivity contribution in [2.75, 3.05) is 26.3 Å². The molecule has 2 aromatic rings. The number of ether oxygens (including phenoxy) is 2. The van der Waals surface area contributed by atoms with Gasteiger partial charge >= 0.3 is 0 Å². The summed E-state index contributed by atoms with van der Waals surface area (Å²) in [5, 5.41) is 3.70. The van der Waals surface area contributed by atoms with Crippen LogP contribution in [0.1, 0.15) is 25.3 Å². The van der Waals surface area contributed by atoms with Crippen LogP contribution in [0.3, 0.4) is 0 Å². The molecular formula is C23H27ClN2O4. The van der Waals surface area contributed by atoms with Crippen molar-refractivity contribution in [3.63, 3.8) is 0 Å². The maximum absolute atomic E-state index is 12.4. The van der Waals surface area contributed by atoms with Gasteiger partial charge in [-0.15, -0.1) is 0 Å². The van der Waals surface area contributed by atoms with E-state index in [9.17, 15) is 9.59 Å². The van der Waals surface area contributed by atoms with Gasteiger partial charge in [-0.1, -0.05) is 23.7 Å². The summed E-state index contributed by atoms with van der Waals surface area (Å²) in [6.45, 7) is 3.77. The first kappa shape index (κ1) is 22.0. The van der Waals surface area contributed by atoms with E-state index in [0.717, 1.165) is 24.2 Å². The number of amides is 2. The highest BCUT2D eigenvalue weighted by molar-refractivity contribution is 6.30. The highest BCUT2D eigenvalue weighted by Gasteiger charge is 2.24. The van der Waals surface area contributed by atoms with E-state index in [4.69, 9.17) is 21.1 Å². The number of hydrogen-bond donors (Lipinski definition) is 1. The van der Waals surface area contributed by atoms with E-state index in [-0.39, 0.29) is 24.5 Å². The predicted octanol–water partition coefficient (Wildman–Crippen LogP) is 3.47. The second kappa shape index (κ2) is 10.9. The van der Waals surface area contributed by atoms with Gasteiger partial charge in [0.25, 0.3) is 5.91 Å². The minimum Gasteiger partial charge on any atom is -0.494 e. The largest absolute Gasteiger partial charge is 0.494 e. The van der Waals surface area contributed by atoms with E-state index >= 15 is 0 Å². The summed E-state index contributed by atoms with van der Waals surface area (Å²) in [5.41, 5.74) is 0.947. The molecule has 7 heteroatoms. The van der Waals surface area contributed by atoms with Gasteiger partial charge in [-0.2, -0.15) is 0 Å². The third-order valence-electron chi connectivity index (χ3n) is 4.99. The maximum atomic E-state index is 12.4. The second-order valence-corrected chi connectivity index (χ2v) is 7.66. The minimum atomic E-state index is -0.0517. The van der Waals surface area contributed by atoms with Gasteiger partial charge in [-0.05, 0) is 61.7 Å². The van der Waals surface area contributed by atoms with Gasteiger partial charge in [0.2, 0.25) is 5.91 Å². The Labute approximate surface area is 182 Å². The van der Waals surface area contributed by atoms with Crippen LogP contribution >= 0.6 is 11.6 Å². The van der Waals surface area contributed by atoms with E-state index < -0.39 is 0 Å². The van der Waals surface area contributed by atoms with Crippen LogP contribution in [-0.4, -0.2) is 49.1 Å². The highest BCUT2D eigenvalue weighted by Crippen LogP contribution is 2.17. The number of carbonyl (C=O) groups excluding carboxylic acids is 2. The molecule has 0 atom stereocenters. The van der Waals surface area contributed by atoms with Crippen LogP contribution in [0.15, 0.2) is 48.5 Å². The van der Waals surface area contributed by atoms with Crippen molar-refractivity contribution in [1.29, 1.82) is 0 Å². The number of carbonyl (C=O) groups is 2. The Morgan fingerprint density at radius 1 is 1.00 bits per heavy atom. The molecule has 1 aliphatic rings. The van der Waals surface area contributed by atoms with Crippen LogP contribution in [0.25, 0.3) is 0 Å². The van der Waals surface area contributed by atoms with Gasteiger partial charge < -0.3 is 19.7 Å². The van der Waals surface area contributed by atoms with Crippen LogP contribution < -0.4 is 14.8 Å². The molecule has 0 saturated carbocycles. The first-order valence-electron chi connectivity index (χ1n) is 10.2. The van der Waals surface area contributed by atoms with Crippen molar-refractivity contribution in [2.45, 2.75) is 32.2 Å². The average molecular weight is 431 g/mol. The molecule has 0 radical (unpaired) electrons. The molecular weight excluding hydrogens is 404 g/mol. The molecule has 6 nitrogen and oxygen atoms in total. The maximum Gasteiger partial charge on any atom is 0.260 e. The number of rotatable bonds is 8. The summed E-state index contributed by atoms with van der Waals surface area (Å²) in [6, 6.07) is 14.6. The van der Waals surface area contributed by atoms with Crippen molar-refractivity contribution < 1.29 is 19.1 Å². The normalized spacial score (nSPS) is 14.3. The number of piperidine rings is 1. The Morgan fingerprint density at radius 3 is 2.23 bits per heavy atom. The van der Waals surface area contributed by atoms with E-state index in [2.05, 4.69) is 5.32 Å². The van der Waals surface area contributed by atoms with Crippen molar-refractivity contribution in [3.8, 4) is 11.5 Å². The lowest BCUT2D eigenvalue weighted by Gasteiger charge is -2.32. The standard InChI is InChI=1S/C23H27ClN2O4/c1-2-29-20-7-3-17(4-8-20)15-22(27)25-19-11-13-26(14-12-19)23(28)16-30-21-9-5-18(24)6-10-21/h3-10,19H,2,11-16H2,1H3,(H,25,27). The number of hydrogen-bond acceptors (Lipinski definition) is 4. The molecule has 0 unspecified atom stereocenters. The highest BCUT2D eigenvalue weighted by atomic mass is 35.5. The predicted molar refractivity (Wildman–Crippen MR) is 116 cm³/mol. The zero-order valence-corrected chi connectivity index (χ0v) is 17.9. The van der Waals surface area contributed by atoms with Gasteiger partial charge in [0.1, 0.15) is 11.5 Å². The molecule has 2 aromatic carbocycles. The molecule has 0 aliphatic carbocycles. The van der Waals surface area contributed by atoms with E-state index in [1.54, 1.807) is 29.2 Å². The summed E-state index contributed by atoms with van der Waals surface area (Å²) in [6.07, 6.45) is 1.81. The lowest BCUT2D eigenvalue weighted by Crippen LogP contribution is -2.48. The number of benzene rings is 2. The van der Waals surface area contributed by atoms with Crippen LogP contribution in [0.5, 0.6) is 11.5 Å². The smallest absolute Gasteiger partial charge is 0.260 e. The van der Waals surface area contributed by atoms with Crippen molar-refractivity contribution in [3.05, 3.63) is 59.1 Å². The summed E-state index contributed by atoms with van der Waals surface area (Å²) < 4.78 is 10.9. The van der Waals surface area contributed by atoms with Crippen molar-refractivity contribution in [2.24, 2.45) is 0 Å². The molecule has 1 saturated heterocycles. The quantitative estimate of drug-likeness (QED) is 0.696. The molecule has 0 bridgehead atoms. The Bertz CT molecular complexity index is 831. The van der Waals surface area contributed by atoms with E-state index in [0.29, 0.717) is 36.9 Å². The van der Waals surface area contributed by atoms with Gasteiger partial charge in [-0.3, -0.25) is 9.59 Å². The lowest BCUT2D eigenvalue weighted by atomic mass is 10.0. The van der Waals surface area contributed by atoms with Gasteiger partial charge in [-0.25, -0.2) is 0 Å². The summed E-state index contributed by atoms with van der Waals surface area (Å²) in [4.78, 5) is 26.5. The molecule has 1 N–H and O–H groups in total. The fourth-order valence-corrected chi connectivity index (χ4v) is 3.50. The monoisotopic (exact) mass is 430 g/mol.